The number of nitrogens with zero attached hydrogens (tertiary/aromatic N) is 3. The summed E-state index contributed by atoms with van der Waals surface area (Å²) in [4.78, 5) is 29.5. The van der Waals surface area contributed by atoms with Crippen LogP contribution < -0.4 is 19.5 Å². The number of fused-ring (bicyclic) bond motifs is 1. The highest BCUT2D eigenvalue weighted by molar-refractivity contribution is 6.00. The van der Waals surface area contributed by atoms with Crippen LogP contribution in [-0.4, -0.2) is 53.4 Å². The molecule has 2 heterocycles. The normalized spacial score (nSPS) is 16.3. The second-order valence-corrected chi connectivity index (χ2v) is 9.81. The van der Waals surface area contributed by atoms with Gasteiger partial charge in [-0.25, -0.2) is 0 Å². The second-order valence-electron chi connectivity index (χ2n) is 9.81. The van der Waals surface area contributed by atoms with Crippen molar-refractivity contribution in [2.45, 2.75) is 32.1 Å². The maximum atomic E-state index is 14.0. The first-order chi connectivity index (χ1) is 19.4. The molecule has 0 saturated carbocycles. The first-order valence-corrected chi connectivity index (χ1v) is 12.9. The van der Waals surface area contributed by atoms with Crippen LogP contribution in [0.1, 0.15) is 28.5 Å². The predicted molar refractivity (Wildman–Crippen MR) is 150 cm³/mol. The third kappa shape index (κ3) is 5.10. The molecule has 206 valence electrons. The van der Waals surface area contributed by atoms with Gasteiger partial charge in [-0.2, -0.15) is 5.10 Å². The summed E-state index contributed by atoms with van der Waals surface area (Å²) >= 11 is 0. The zero-order chi connectivity index (χ0) is 28.3. The summed E-state index contributed by atoms with van der Waals surface area (Å²) in [7, 11) is 4.80. The lowest BCUT2D eigenvalue weighted by Crippen LogP contribution is -2.63. The van der Waals surface area contributed by atoms with E-state index in [4.69, 9.17) is 19.3 Å². The van der Waals surface area contributed by atoms with Crippen molar-refractivity contribution in [2.24, 2.45) is 0 Å². The minimum absolute atomic E-state index is 0.186. The molecule has 5 rings (SSSR count). The lowest BCUT2D eigenvalue weighted by atomic mass is 9.94. The number of carbonyl (C=O) groups is 2. The summed E-state index contributed by atoms with van der Waals surface area (Å²) in [5.41, 5.74) is 2.37. The van der Waals surface area contributed by atoms with Crippen LogP contribution in [0.25, 0.3) is 11.3 Å². The Morgan fingerprint density at radius 2 is 1.68 bits per heavy atom. The Morgan fingerprint density at radius 1 is 0.925 bits per heavy atom. The third-order valence-electron chi connectivity index (χ3n) is 7.28. The number of nitrogens with one attached hydrogen (secondary N) is 1. The lowest BCUT2D eigenvalue weighted by Gasteiger charge is -2.43. The van der Waals surface area contributed by atoms with Crippen molar-refractivity contribution in [2.75, 3.05) is 21.3 Å². The van der Waals surface area contributed by atoms with E-state index >= 15 is 0 Å². The summed E-state index contributed by atoms with van der Waals surface area (Å²) in [5.74, 6) is 1.51. The van der Waals surface area contributed by atoms with E-state index in [1.807, 2.05) is 72.8 Å². The van der Waals surface area contributed by atoms with Crippen molar-refractivity contribution in [1.29, 1.82) is 0 Å². The summed E-state index contributed by atoms with van der Waals surface area (Å²) in [6, 6.07) is 24.3. The molecule has 1 atom stereocenters. The second kappa shape index (κ2) is 11.1. The standard InChI is InChI=1S/C31H32N4O5/c1-31(30(37)32-18-23-9-5-6-11-28(23)40-4)20-35-27(17-26(33-35)22-12-14-24(38-2)15-13-22)29(36)34(31)19-21-8-7-10-25(16-21)39-3/h5-17H,18-20H2,1-4H3,(H,32,37). The van der Waals surface area contributed by atoms with Gasteiger partial charge in [-0.1, -0.05) is 30.3 Å². The van der Waals surface area contributed by atoms with Crippen LogP contribution in [0.2, 0.25) is 0 Å². The maximum Gasteiger partial charge on any atom is 0.273 e. The van der Waals surface area contributed by atoms with Crippen molar-refractivity contribution < 1.29 is 23.8 Å². The number of hydrogen-bond acceptors (Lipinski definition) is 6. The van der Waals surface area contributed by atoms with Gasteiger partial charge in [0, 0.05) is 24.2 Å². The highest BCUT2D eigenvalue weighted by Crippen LogP contribution is 2.32. The van der Waals surface area contributed by atoms with E-state index in [9.17, 15) is 9.59 Å². The lowest BCUT2D eigenvalue weighted by molar-refractivity contribution is -0.133. The van der Waals surface area contributed by atoms with Gasteiger partial charge in [0.25, 0.3) is 5.91 Å². The fourth-order valence-corrected chi connectivity index (χ4v) is 4.96. The molecule has 1 unspecified atom stereocenters. The van der Waals surface area contributed by atoms with Gasteiger partial charge >= 0.3 is 0 Å². The van der Waals surface area contributed by atoms with Crippen LogP contribution in [-0.2, 0) is 24.4 Å². The summed E-state index contributed by atoms with van der Waals surface area (Å²) < 4.78 is 17.7. The zero-order valence-electron chi connectivity index (χ0n) is 23.0. The third-order valence-corrected chi connectivity index (χ3v) is 7.28. The van der Waals surface area contributed by atoms with Gasteiger partial charge in [0.1, 0.15) is 28.5 Å². The predicted octanol–water partition coefficient (Wildman–Crippen LogP) is 4.31. The van der Waals surface area contributed by atoms with E-state index in [0.29, 0.717) is 22.9 Å². The molecule has 0 aliphatic carbocycles. The van der Waals surface area contributed by atoms with Crippen LogP contribution in [0.15, 0.2) is 78.9 Å². The van der Waals surface area contributed by atoms with Gasteiger partial charge in [-0.3, -0.25) is 14.3 Å². The average molecular weight is 541 g/mol. The van der Waals surface area contributed by atoms with Gasteiger partial charge in [0.15, 0.2) is 0 Å². The molecule has 9 heteroatoms. The van der Waals surface area contributed by atoms with E-state index < -0.39 is 5.54 Å². The van der Waals surface area contributed by atoms with Crippen molar-refractivity contribution in [3.05, 3.63) is 95.7 Å². The van der Waals surface area contributed by atoms with Crippen molar-refractivity contribution in [1.82, 2.24) is 20.0 Å². The van der Waals surface area contributed by atoms with Gasteiger partial charge in [0.05, 0.1) is 33.6 Å². The number of amides is 2. The molecule has 3 aromatic carbocycles. The number of rotatable bonds is 9. The number of para-hydroxylation sites is 1. The molecule has 2 amide bonds. The summed E-state index contributed by atoms with van der Waals surface area (Å²) in [6.45, 7) is 2.44. The summed E-state index contributed by atoms with van der Waals surface area (Å²) in [6.07, 6.45) is 0. The Balaban J connectivity index is 1.49. The van der Waals surface area contributed by atoms with Gasteiger partial charge < -0.3 is 24.4 Å². The SMILES string of the molecule is COc1ccc(-c2cc3n(n2)CC(C)(C(=O)NCc2ccccc2OC)N(Cc2cccc(OC)c2)C3=O)cc1. The fourth-order valence-electron chi connectivity index (χ4n) is 4.96. The Morgan fingerprint density at radius 3 is 2.40 bits per heavy atom. The molecule has 0 spiro atoms. The number of ether oxygens (including phenoxy) is 3. The highest BCUT2D eigenvalue weighted by Gasteiger charge is 2.48. The van der Waals surface area contributed by atoms with Crippen LogP contribution in [0, 0.1) is 0 Å². The fraction of sp³-hybridized carbons (Fsp3) is 0.258. The average Bonchev–Trinajstić information content (AvgIpc) is 3.42. The molecule has 1 N–H and O–H groups in total. The van der Waals surface area contributed by atoms with Gasteiger partial charge in [-0.15, -0.1) is 0 Å². The Kier molecular flexibility index (Phi) is 7.46. The molecular weight excluding hydrogens is 508 g/mol. The monoisotopic (exact) mass is 540 g/mol. The quantitative estimate of drug-likeness (QED) is 0.340. The van der Waals surface area contributed by atoms with Gasteiger partial charge in [0.2, 0.25) is 5.91 Å². The molecule has 0 radical (unpaired) electrons. The molecule has 1 aliphatic rings. The molecule has 0 bridgehead atoms. The van der Waals surface area contributed by atoms with Crippen molar-refractivity contribution >= 4 is 11.8 Å². The molecular formula is C31H32N4O5. The molecule has 1 aliphatic heterocycles. The minimum atomic E-state index is -1.22. The first kappa shape index (κ1) is 26.8. The largest absolute Gasteiger partial charge is 0.497 e. The molecule has 0 fully saturated rings. The van der Waals surface area contributed by atoms with Crippen LogP contribution in [0.3, 0.4) is 0 Å². The Bertz CT molecular complexity index is 1530. The number of carbonyl (C=O) groups excluding carboxylic acids is 2. The van der Waals surface area contributed by atoms with Gasteiger partial charge in [-0.05, 0) is 61.0 Å². The smallest absolute Gasteiger partial charge is 0.273 e. The molecule has 9 nitrogen and oxygen atoms in total. The number of hydrogen-bond donors (Lipinski definition) is 1. The van der Waals surface area contributed by atoms with Crippen molar-refractivity contribution in [3.8, 4) is 28.5 Å². The number of aromatic nitrogens is 2. The summed E-state index contributed by atoms with van der Waals surface area (Å²) in [5, 5.41) is 7.76. The van der Waals surface area contributed by atoms with Crippen LogP contribution in [0.4, 0.5) is 0 Å². The highest BCUT2D eigenvalue weighted by atomic mass is 16.5. The van der Waals surface area contributed by atoms with E-state index in [2.05, 4.69) is 5.32 Å². The molecule has 0 saturated heterocycles. The molecule has 40 heavy (non-hydrogen) atoms. The first-order valence-electron chi connectivity index (χ1n) is 12.9. The minimum Gasteiger partial charge on any atom is -0.497 e. The molecule has 4 aromatic rings. The maximum absolute atomic E-state index is 14.0. The van der Waals surface area contributed by atoms with Crippen molar-refractivity contribution in [3.63, 3.8) is 0 Å². The topological polar surface area (TPSA) is 94.9 Å². The van der Waals surface area contributed by atoms with E-state index in [1.165, 1.54) is 0 Å². The zero-order valence-corrected chi connectivity index (χ0v) is 23.0. The van der Waals surface area contributed by atoms with Crippen LogP contribution >= 0.6 is 0 Å². The van der Waals surface area contributed by atoms with E-state index in [-0.39, 0.29) is 31.4 Å². The molecule has 1 aromatic heterocycles. The van der Waals surface area contributed by atoms with E-state index in [0.717, 1.165) is 22.4 Å². The number of methoxy groups -OCH3 is 3. The van der Waals surface area contributed by atoms with E-state index in [1.54, 1.807) is 43.9 Å². The number of benzene rings is 3. The van der Waals surface area contributed by atoms with Crippen LogP contribution in [0.5, 0.6) is 17.2 Å². The Hall–Kier alpha value is -4.79. The Labute approximate surface area is 233 Å².